The second-order valence-corrected chi connectivity index (χ2v) is 4.37. The van der Waals surface area contributed by atoms with Crippen molar-refractivity contribution in [2.45, 2.75) is 0 Å². The number of aromatic amines is 2. The van der Waals surface area contributed by atoms with Gasteiger partial charge in [-0.05, 0) is 12.1 Å². The second kappa shape index (κ2) is 6.56. The van der Waals surface area contributed by atoms with Gasteiger partial charge in [-0.1, -0.05) is 18.2 Å². The lowest BCUT2D eigenvalue weighted by molar-refractivity contribution is 0.0771. The summed E-state index contributed by atoms with van der Waals surface area (Å²) in [6, 6.07) is 9.21. The SMILES string of the molecule is CN(CCOc1ccccc1)C(=O)c1c[nH]c(=O)[nH]c1=O. The summed E-state index contributed by atoms with van der Waals surface area (Å²) >= 11 is 0. The van der Waals surface area contributed by atoms with E-state index in [1.54, 1.807) is 7.05 Å². The van der Waals surface area contributed by atoms with E-state index in [0.717, 1.165) is 6.20 Å². The lowest BCUT2D eigenvalue weighted by atomic mass is 10.3. The Morgan fingerprint density at radius 3 is 2.62 bits per heavy atom. The number of aromatic nitrogens is 2. The number of carbonyl (C=O) groups excluding carboxylic acids is 1. The zero-order valence-electron chi connectivity index (χ0n) is 11.5. The number of para-hydroxylation sites is 1. The fourth-order valence-corrected chi connectivity index (χ4v) is 1.69. The molecule has 0 atom stereocenters. The number of carbonyl (C=O) groups is 1. The minimum absolute atomic E-state index is 0.114. The Labute approximate surface area is 120 Å². The summed E-state index contributed by atoms with van der Waals surface area (Å²) in [5.74, 6) is 0.226. The van der Waals surface area contributed by atoms with Crippen LogP contribution in [0.15, 0.2) is 46.1 Å². The van der Waals surface area contributed by atoms with Gasteiger partial charge in [0.1, 0.15) is 17.9 Å². The van der Waals surface area contributed by atoms with Crippen molar-refractivity contribution in [1.82, 2.24) is 14.9 Å². The fraction of sp³-hybridized carbons (Fsp3) is 0.214. The van der Waals surface area contributed by atoms with Crippen LogP contribution in [-0.4, -0.2) is 41.0 Å². The molecule has 0 fully saturated rings. The van der Waals surface area contributed by atoms with E-state index in [1.165, 1.54) is 4.90 Å². The molecule has 1 heterocycles. The maximum absolute atomic E-state index is 12.0. The molecule has 0 unspecified atom stereocenters. The highest BCUT2D eigenvalue weighted by atomic mass is 16.5. The maximum atomic E-state index is 12.0. The highest BCUT2D eigenvalue weighted by molar-refractivity contribution is 5.93. The molecular formula is C14H15N3O4. The molecular weight excluding hydrogens is 274 g/mol. The highest BCUT2D eigenvalue weighted by Gasteiger charge is 2.15. The highest BCUT2D eigenvalue weighted by Crippen LogP contribution is 2.08. The Kier molecular flexibility index (Phi) is 4.55. The van der Waals surface area contributed by atoms with Crippen LogP contribution in [0, 0.1) is 0 Å². The van der Waals surface area contributed by atoms with Gasteiger partial charge in [0.25, 0.3) is 11.5 Å². The smallest absolute Gasteiger partial charge is 0.325 e. The van der Waals surface area contributed by atoms with Crippen molar-refractivity contribution in [2.75, 3.05) is 20.2 Å². The average molecular weight is 289 g/mol. The molecule has 0 bridgehead atoms. The van der Waals surface area contributed by atoms with E-state index in [9.17, 15) is 14.4 Å². The van der Waals surface area contributed by atoms with Crippen molar-refractivity contribution in [3.8, 4) is 5.75 Å². The Bertz CT molecular complexity index is 721. The largest absolute Gasteiger partial charge is 0.492 e. The van der Waals surface area contributed by atoms with Gasteiger partial charge in [-0.3, -0.25) is 14.6 Å². The first-order valence-electron chi connectivity index (χ1n) is 6.33. The van der Waals surface area contributed by atoms with E-state index < -0.39 is 17.2 Å². The van der Waals surface area contributed by atoms with E-state index >= 15 is 0 Å². The minimum atomic E-state index is -0.709. The number of likely N-dealkylation sites (N-methyl/N-ethyl adjacent to an activating group) is 1. The summed E-state index contributed by atoms with van der Waals surface area (Å²) < 4.78 is 5.47. The van der Waals surface area contributed by atoms with Crippen LogP contribution < -0.4 is 16.0 Å². The number of nitrogens with zero attached hydrogens (tertiary/aromatic N) is 1. The van der Waals surface area contributed by atoms with Crippen molar-refractivity contribution in [2.24, 2.45) is 0 Å². The number of ether oxygens (including phenoxy) is 1. The molecule has 0 aliphatic rings. The van der Waals surface area contributed by atoms with Gasteiger partial charge in [-0.25, -0.2) is 4.79 Å². The molecule has 2 aromatic rings. The Morgan fingerprint density at radius 2 is 1.95 bits per heavy atom. The van der Waals surface area contributed by atoms with E-state index in [2.05, 4.69) is 4.98 Å². The van der Waals surface area contributed by atoms with Gasteiger partial charge >= 0.3 is 5.69 Å². The molecule has 1 aromatic carbocycles. The molecule has 0 saturated carbocycles. The van der Waals surface area contributed by atoms with Crippen molar-refractivity contribution < 1.29 is 9.53 Å². The number of H-pyrrole nitrogens is 2. The Balaban J connectivity index is 1.94. The van der Waals surface area contributed by atoms with E-state index in [4.69, 9.17) is 4.74 Å². The first-order chi connectivity index (χ1) is 10.1. The fourth-order valence-electron chi connectivity index (χ4n) is 1.69. The standard InChI is InChI=1S/C14H15N3O4/c1-17(7-8-21-10-5-3-2-4-6-10)13(19)11-9-15-14(20)16-12(11)18/h2-6,9H,7-8H2,1H3,(H2,15,16,18,20). The van der Waals surface area contributed by atoms with E-state index in [-0.39, 0.29) is 5.56 Å². The molecule has 0 aliphatic carbocycles. The zero-order chi connectivity index (χ0) is 15.2. The lowest BCUT2D eigenvalue weighted by Gasteiger charge is -2.16. The Morgan fingerprint density at radius 1 is 1.24 bits per heavy atom. The van der Waals surface area contributed by atoms with Crippen molar-refractivity contribution in [3.63, 3.8) is 0 Å². The molecule has 0 aliphatic heterocycles. The molecule has 1 amide bonds. The van der Waals surface area contributed by atoms with Crippen LogP contribution in [0.1, 0.15) is 10.4 Å². The van der Waals surface area contributed by atoms with Gasteiger partial charge in [0.2, 0.25) is 0 Å². The van der Waals surface area contributed by atoms with Crippen LogP contribution in [0.3, 0.4) is 0 Å². The number of amides is 1. The maximum Gasteiger partial charge on any atom is 0.325 e. The van der Waals surface area contributed by atoms with Gasteiger partial charge in [0.15, 0.2) is 0 Å². The van der Waals surface area contributed by atoms with Crippen LogP contribution in [0.2, 0.25) is 0 Å². The van der Waals surface area contributed by atoms with E-state index in [0.29, 0.717) is 18.9 Å². The van der Waals surface area contributed by atoms with Crippen LogP contribution in [0.5, 0.6) is 5.75 Å². The third-order valence-corrected chi connectivity index (χ3v) is 2.84. The quantitative estimate of drug-likeness (QED) is 0.822. The molecule has 0 spiro atoms. The van der Waals surface area contributed by atoms with Crippen LogP contribution in [0.4, 0.5) is 0 Å². The molecule has 2 N–H and O–H groups in total. The summed E-state index contributed by atoms with van der Waals surface area (Å²) in [5.41, 5.74) is -1.47. The lowest BCUT2D eigenvalue weighted by Crippen LogP contribution is -2.36. The van der Waals surface area contributed by atoms with Crippen LogP contribution >= 0.6 is 0 Å². The van der Waals surface area contributed by atoms with Gasteiger partial charge in [0.05, 0.1) is 6.54 Å². The van der Waals surface area contributed by atoms with Crippen LogP contribution in [-0.2, 0) is 0 Å². The third kappa shape index (κ3) is 3.82. The zero-order valence-corrected chi connectivity index (χ0v) is 11.5. The van der Waals surface area contributed by atoms with Crippen molar-refractivity contribution >= 4 is 5.91 Å². The second-order valence-electron chi connectivity index (χ2n) is 4.37. The number of rotatable bonds is 5. The third-order valence-electron chi connectivity index (χ3n) is 2.84. The monoisotopic (exact) mass is 289 g/mol. The van der Waals surface area contributed by atoms with Gasteiger partial charge in [-0.15, -0.1) is 0 Å². The molecule has 2 rings (SSSR count). The summed E-state index contributed by atoms with van der Waals surface area (Å²) in [6.45, 7) is 0.611. The van der Waals surface area contributed by atoms with Gasteiger partial charge in [0, 0.05) is 13.2 Å². The summed E-state index contributed by atoms with van der Waals surface area (Å²) in [7, 11) is 1.56. The summed E-state index contributed by atoms with van der Waals surface area (Å²) in [6.07, 6.45) is 1.11. The predicted molar refractivity (Wildman–Crippen MR) is 76.6 cm³/mol. The van der Waals surface area contributed by atoms with Gasteiger partial charge in [-0.2, -0.15) is 0 Å². The topological polar surface area (TPSA) is 95.3 Å². The van der Waals surface area contributed by atoms with Crippen LogP contribution in [0.25, 0.3) is 0 Å². The number of hydrogen-bond donors (Lipinski definition) is 2. The molecule has 21 heavy (non-hydrogen) atoms. The molecule has 7 nitrogen and oxygen atoms in total. The molecule has 0 saturated heterocycles. The number of nitrogens with one attached hydrogen (secondary N) is 2. The summed E-state index contributed by atoms with van der Waals surface area (Å²) in [4.78, 5) is 40.1. The minimum Gasteiger partial charge on any atom is -0.492 e. The van der Waals surface area contributed by atoms with E-state index in [1.807, 2.05) is 35.3 Å². The molecule has 110 valence electrons. The average Bonchev–Trinajstić information content (AvgIpc) is 2.47. The normalized spacial score (nSPS) is 10.1. The molecule has 1 aromatic heterocycles. The van der Waals surface area contributed by atoms with Crippen molar-refractivity contribution in [1.29, 1.82) is 0 Å². The number of benzene rings is 1. The predicted octanol–water partition coefficient (Wildman–Crippen LogP) is 0.214. The molecule has 7 heteroatoms. The first kappa shape index (κ1) is 14.6. The number of hydrogen-bond acceptors (Lipinski definition) is 4. The van der Waals surface area contributed by atoms with Crippen molar-refractivity contribution in [3.05, 3.63) is 62.9 Å². The first-order valence-corrected chi connectivity index (χ1v) is 6.33. The Hall–Kier alpha value is -2.83. The summed E-state index contributed by atoms with van der Waals surface area (Å²) in [5, 5.41) is 0. The van der Waals surface area contributed by atoms with Gasteiger partial charge < -0.3 is 14.6 Å². The molecule has 0 radical (unpaired) electrons.